The first-order chi connectivity index (χ1) is 12.3. The van der Waals surface area contributed by atoms with Crippen LogP contribution in [-0.4, -0.2) is 77.6 Å². The molecule has 1 atom stereocenters. The zero-order valence-electron chi connectivity index (χ0n) is 17.2. The van der Waals surface area contributed by atoms with E-state index in [0.29, 0.717) is 58.8 Å². The van der Waals surface area contributed by atoms with Crippen molar-refractivity contribution in [2.75, 3.05) is 66.1 Å². The fourth-order valence-electron chi connectivity index (χ4n) is 1.71. The molecule has 0 N–H and O–H groups in total. The van der Waals surface area contributed by atoms with Crippen LogP contribution in [0.3, 0.4) is 0 Å². The van der Waals surface area contributed by atoms with Crippen LogP contribution in [0, 0.1) is 5.92 Å². The Kier molecular flexibility index (Phi) is 16.0. The van der Waals surface area contributed by atoms with Crippen molar-refractivity contribution in [3.05, 3.63) is 0 Å². The van der Waals surface area contributed by atoms with Crippen LogP contribution in [0.4, 0.5) is 0 Å². The number of carbonyl (C=O) groups excluding carboxylic acids is 1. The van der Waals surface area contributed by atoms with Gasteiger partial charge in [0.05, 0.1) is 52.9 Å². The predicted octanol–water partition coefficient (Wildman–Crippen LogP) is 2.46. The molecule has 0 aromatic rings. The molecule has 26 heavy (non-hydrogen) atoms. The summed E-state index contributed by atoms with van der Waals surface area (Å²) >= 11 is 0. The van der Waals surface area contributed by atoms with Gasteiger partial charge in [-0.15, -0.1) is 0 Å². The highest BCUT2D eigenvalue weighted by Crippen LogP contribution is 2.06. The second-order valence-electron chi connectivity index (χ2n) is 7.06. The Bertz CT molecular complexity index is 328. The lowest BCUT2D eigenvalue weighted by Crippen LogP contribution is -2.27. The van der Waals surface area contributed by atoms with Gasteiger partial charge in [-0.1, -0.05) is 20.3 Å². The summed E-state index contributed by atoms with van der Waals surface area (Å²) in [7, 11) is 0. The number of hydrogen-bond acceptors (Lipinski definition) is 7. The number of hydrogen-bond donors (Lipinski definition) is 0. The van der Waals surface area contributed by atoms with Crippen LogP contribution in [0.15, 0.2) is 0 Å². The third-order valence-electron chi connectivity index (χ3n) is 3.23. The lowest BCUT2D eigenvalue weighted by atomic mass is 10.1. The van der Waals surface area contributed by atoms with Gasteiger partial charge in [0.25, 0.3) is 0 Å². The van der Waals surface area contributed by atoms with E-state index in [-0.39, 0.29) is 12.6 Å². The number of carbonyl (C=O) groups is 1. The Morgan fingerprint density at radius 1 is 0.769 bits per heavy atom. The van der Waals surface area contributed by atoms with Crippen molar-refractivity contribution in [1.82, 2.24) is 0 Å². The van der Waals surface area contributed by atoms with Gasteiger partial charge in [0.1, 0.15) is 12.2 Å². The molecule has 0 radical (unpaired) electrons. The smallest absolute Gasteiger partial charge is 0.332 e. The molecule has 0 aliphatic rings. The number of ether oxygens (including phenoxy) is 6. The zero-order chi connectivity index (χ0) is 19.7. The highest BCUT2D eigenvalue weighted by Gasteiger charge is 2.15. The molecule has 7 heteroatoms. The van der Waals surface area contributed by atoms with Crippen molar-refractivity contribution < 1.29 is 33.2 Å². The van der Waals surface area contributed by atoms with E-state index in [4.69, 9.17) is 28.4 Å². The van der Waals surface area contributed by atoms with E-state index in [9.17, 15) is 4.79 Å². The van der Waals surface area contributed by atoms with Crippen LogP contribution in [0.5, 0.6) is 0 Å². The molecule has 0 saturated heterocycles. The van der Waals surface area contributed by atoms with E-state index in [0.717, 1.165) is 13.0 Å². The van der Waals surface area contributed by atoms with Gasteiger partial charge in [0, 0.05) is 6.61 Å². The fraction of sp³-hybridized carbons (Fsp3) is 0.947. The molecule has 0 fully saturated rings. The first-order valence-electron chi connectivity index (χ1n) is 9.45. The molecular formula is C19H38O7. The van der Waals surface area contributed by atoms with Crippen molar-refractivity contribution in [3.63, 3.8) is 0 Å². The summed E-state index contributed by atoms with van der Waals surface area (Å²) in [6.45, 7) is 14.5. The molecule has 156 valence electrons. The number of rotatable bonds is 17. The first-order valence-corrected chi connectivity index (χ1v) is 9.45. The van der Waals surface area contributed by atoms with Gasteiger partial charge in [0.2, 0.25) is 0 Å². The van der Waals surface area contributed by atoms with Gasteiger partial charge in [-0.2, -0.15) is 0 Å². The molecule has 0 spiro atoms. The van der Waals surface area contributed by atoms with Crippen LogP contribution in [-0.2, 0) is 33.2 Å². The normalized spacial score (nSPS) is 13.0. The summed E-state index contributed by atoms with van der Waals surface area (Å²) in [5.74, 6) is 0.229. The molecule has 0 aliphatic heterocycles. The second-order valence-corrected chi connectivity index (χ2v) is 7.06. The standard InChI is InChI=1S/C19H38O7/c1-6-17(2)15-24-13-11-22-9-7-21-8-10-23-12-14-25-16-18(20)26-19(3,4)5/h17H,6-16H2,1-5H3. The van der Waals surface area contributed by atoms with Crippen LogP contribution in [0.1, 0.15) is 41.0 Å². The average molecular weight is 379 g/mol. The van der Waals surface area contributed by atoms with E-state index in [2.05, 4.69) is 13.8 Å². The van der Waals surface area contributed by atoms with Gasteiger partial charge >= 0.3 is 5.97 Å². The quantitative estimate of drug-likeness (QED) is 0.284. The Labute approximate surface area is 158 Å². The molecule has 1 unspecified atom stereocenters. The van der Waals surface area contributed by atoms with Crippen LogP contribution < -0.4 is 0 Å². The minimum absolute atomic E-state index is 0.0600. The van der Waals surface area contributed by atoms with Gasteiger partial charge in [-0.05, 0) is 26.7 Å². The van der Waals surface area contributed by atoms with Gasteiger partial charge < -0.3 is 28.4 Å². The van der Waals surface area contributed by atoms with Crippen molar-refractivity contribution in [3.8, 4) is 0 Å². The lowest BCUT2D eigenvalue weighted by molar-refractivity contribution is -0.160. The van der Waals surface area contributed by atoms with E-state index in [1.807, 2.05) is 20.8 Å². The van der Waals surface area contributed by atoms with E-state index >= 15 is 0 Å². The van der Waals surface area contributed by atoms with E-state index in [1.54, 1.807) is 0 Å². The Morgan fingerprint density at radius 3 is 1.62 bits per heavy atom. The van der Waals surface area contributed by atoms with E-state index in [1.165, 1.54) is 0 Å². The van der Waals surface area contributed by atoms with Crippen molar-refractivity contribution in [2.24, 2.45) is 5.92 Å². The zero-order valence-corrected chi connectivity index (χ0v) is 17.2. The summed E-state index contributed by atoms with van der Waals surface area (Å²) in [6, 6.07) is 0. The second kappa shape index (κ2) is 16.4. The van der Waals surface area contributed by atoms with Crippen molar-refractivity contribution >= 4 is 5.97 Å². The Morgan fingerprint density at radius 2 is 1.19 bits per heavy atom. The van der Waals surface area contributed by atoms with E-state index < -0.39 is 5.60 Å². The molecule has 0 bridgehead atoms. The molecule has 0 saturated carbocycles. The molecular weight excluding hydrogens is 340 g/mol. The molecule has 0 aromatic heterocycles. The summed E-state index contributed by atoms with van der Waals surface area (Å²) < 4.78 is 31.9. The van der Waals surface area contributed by atoms with Crippen molar-refractivity contribution in [1.29, 1.82) is 0 Å². The molecule has 0 heterocycles. The maximum atomic E-state index is 11.4. The highest BCUT2D eigenvalue weighted by molar-refractivity contribution is 5.71. The fourth-order valence-corrected chi connectivity index (χ4v) is 1.71. The lowest BCUT2D eigenvalue weighted by Gasteiger charge is -2.19. The topological polar surface area (TPSA) is 72.5 Å². The van der Waals surface area contributed by atoms with Crippen molar-refractivity contribution in [2.45, 2.75) is 46.6 Å². The molecule has 0 rings (SSSR count). The minimum atomic E-state index is -0.487. The summed E-state index contributed by atoms with van der Waals surface area (Å²) in [5.41, 5.74) is -0.487. The monoisotopic (exact) mass is 378 g/mol. The minimum Gasteiger partial charge on any atom is -0.458 e. The third kappa shape index (κ3) is 19.6. The predicted molar refractivity (Wildman–Crippen MR) is 99.4 cm³/mol. The largest absolute Gasteiger partial charge is 0.458 e. The summed E-state index contributed by atoms with van der Waals surface area (Å²) in [5, 5.41) is 0. The maximum Gasteiger partial charge on any atom is 0.332 e. The van der Waals surface area contributed by atoms with Gasteiger partial charge in [0.15, 0.2) is 0 Å². The van der Waals surface area contributed by atoms with Crippen LogP contribution >= 0.6 is 0 Å². The summed E-state index contributed by atoms with van der Waals surface area (Å²) in [4.78, 5) is 11.4. The highest BCUT2D eigenvalue weighted by atomic mass is 16.6. The SMILES string of the molecule is CCC(C)COCCOCCOCCOCCOCC(=O)OC(C)(C)C. The molecule has 7 nitrogen and oxygen atoms in total. The summed E-state index contributed by atoms with van der Waals surface area (Å²) in [6.07, 6.45) is 1.13. The number of esters is 1. The first kappa shape index (κ1) is 25.3. The third-order valence-corrected chi connectivity index (χ3v) is 3.23. The maximum absolute atomic E-state index is 11.4. The van der Waals surface area contributed by atoms with Crippen LogP contribution in [0.25, 0.3) is 0 Å². The Balaban J connectivity index is 3.17. The van der Waals surface area contributed by atoms with Gasteiger partial charge in [-0.25, -0.2) is 4.79 Å². The van der Waals surface area contributed by atoms with Crippen LogP contribution in [0.2, 0.25) is 0 Å². The molecule has 0 aromatic carbocycles. The van der Waals surface area contributed by atoms with Gasteiger partial charge in [-0.3, -0.25) is 0 Å². The molecule has 0 aliphatic carbocycles. The average Bonchev–Trinajstić information content (AvgIpc) is 2.56. The molecule has 0 amide bonds. The Hall–Kier alpha value is -0.730.